The van der Waals surface area contributed by atoms with Crippen LogP contribution in [-0.2, 0) is 17.8 Å². The Kier molecular flexibility index (Phi) is 7.06. The summed E-state index contributed by atoms with van der Waals surface area (Å²) in [6.45, 7) is 7.81. The fourth-order valence-electron chi connectivity index (χ4n) is 4.17. The van der Waals surface area contributed by atoms with E-state index in [2.05, 4.69) is 26.6 Å². The third-order valence-corrected chi connectivity index (χ3v) is 6.88. The lowest BCUT2D eigenvalue weighted by Gasteiger charge is -2.37. The van der Waals surface area contributed by atoms with Gasteiger partial charge < -0.3 is 20.0 Å². The highest BCUT2D eigenvalue weighted by Gasteiger charge is 2.23. The first-order valence-corrected chi connectivity index (χ1v) is 11.9. The predicted octanol–water partition coefficient (Wildman–Crippen LogP) is 2.95. The summed E-state index contributed by atoms with van der Waals surface area (Å²) in [7, 11) is 0. The summed E-state index contributed by atoms with van der Waals surface area (Å²) in [4.78, 5) is 25.0. The molecule has 2 aromatic rings. The summed E-state index contributed by atoms with van der Waals surface area (Å²) in [5.41, 5.74) is 1.94. The number of nitrogens with one attached hydrogen (secondary N) is 1. The number of hydrogen-bond acceptors (Lipinski definition) is 4. The van der Waals surface area contributed by atoms with E-state index in [0.717, 1.165) is 58.2 Å². The number of rotatable bonds is 5. The molecule has 31 heavy (non-hydrogen) atoms. The van der Waals surface area contributed by atoms with E-state index in [0.29, 0.717) is 18.7 Å². The number of carbonyl (C=O) groups excluding carboxylic acids is 1. The Balaban J connectivity index is 1.29. The van der Waals surface area contributed by atoms with Crippen molar-refractivity contribution in [3.05, 3.63) is 52.0 Å². The Bertz CT molecular complexity index is 922. The number of nitrogens with zero attached hydrogens (tertiary/aromatic N) is 4. The molecule has 1 N–H and O–H groups in total. The van der Waals surface area contributed by atoms with Crippen LogP contribution in [-0.4, -0.2) is 67.5 Å². The van der Waals surface area contributed by atoms with Crippen molar-refractivity contribution in [1.29, 1.82) is 0 Å². The summed E-state index contributed by atoms with van der Waals surface area (Å²) in [6.07, 6.45) is 1.38. The zero-order chi connectivity index (χ0) is 21.6. The van der Waals surface area contributed by atoms with Crippen LogP contribution < -0.4 is 10.2 Å². The summed E-state index contributed by atoms with van der Waals surface area (Å²) >= 11 is 1.78. The fraction of sp³-hybridized carbons (Fsp3) is 0.478. The molecule has 0 aliphatic carbocycles. The first-order chi connectivity index (χ1) is 15.2. The average Bonchev–Trinajstić information content (AvgIpc) is 3.27. The lowest BCUT2D eigenvalue weighted by atomic mass is 10.1. The van der Waals surface area contributed by atoms with Crippen LogP contribution in [0.3, 0.4) is 0 Å². The second kappa shape index (κ2) is 10.1. The largest absolute Gasteiger partial charge is 0.366 e. The van der Waals surface area contributed by atoms with E-state index in [4.69, 9.17) is 4.99 Å². The van der Waals surface area contributed by atoms with Gasteiger partial charge in [0.05, 0.1) is 12.2 Å². The molecule has 6 nitrogen and oxygen atoms in total. The van der Waals surface area contributed by atoms with E-state index in [1.165, 1.54) is 16.5 Å². The molecule has 0 radical (unpaired) electrons. The van der Waals surface area contributed by atoms with Gasteiger partial charge in [0.2, 0.25) is 5.91 Å². The van der Waals surface area contributed by atoms with E-state index in [9.17, 15) is 9.18 Å². The number of thiophene rings is 1. The number of fused-ring (bicyclic) bond motifs is 1. The molecule has 1 aromatic carbocycles. The molecule has 2 aliphatic rings. The lowest BCUT2D eigenvalue weighted by molar-refractivity contribution is -0.131. The smallest absolute Gasteiger partial charge is 0.224 e. The lowest BCUT2D eigenvalue weighted by Crippen LogP contribution is -2.52. The third kappa shape index (κ3) is 5.18. The van der Waals surface area contributed by atoms with Crippen molar-refractivity contribution in [2.24, 2.45) is 4.99 Å². The predicted molar refractivity (Wildman–Crippen MR) is 124 cm³/mol. The number of anilines is 1. The average molecular weight is 444 g/mol. The SMILES string of the molecule is CCNC(=NCCC(=O)N1CCc2sccc2C1)N1CCN(c2ccccc2F)CC1. The maximum atomic E-state index is 14.1. The highest BCUT2D eigenvalue weighted by molar-refractivity contribution is 7.10. The van der Waals surface area contributed by atoms with Gasteiger partial charge in [0.15, 0.2) is 5.96 Å². The molecule has 8 heteroatoms. The zero-order valence-corrected chi connectivity index (χ0v) is 18.8. The van der Waals surface area contributed by atoms with Crippen LogP contribution in [0.2, 0.25) is 0 Å². The van der Waals surface area contributed by atoms with Gasteiger partial charge in [-0.15, -0.1) is 11.3 Å². The Labute approximate surface area is 187 Å². The molecular weight excluding hydrogens is 413 g/mol. The first kappa shape index (κ1) is 21.6. The number of piperazine rings is 1. The minimum Gasteiger partial charge on any atom is -0.366 e. The number of aliphatic imine (C=N–C) groups is 1. The first-order valence-electron chi connectivity index (χ1n) is 11.0. The van der Waals surface area contributed by atoms with Gasteiger partial charge in [0.1, 0.15) is 5.82 Å². The number of para-hydroxylation sites is 1. The molecule has 3 heterocycles. The molecule has 1 saturated heterocycles. The fourth-order valence-corrected chi connectivity index (χ4v) is 5.06. The van der Waals surface area contributed by atoms with Gasteiger partial charge in [-0.25, -0.2) is 4.39 Å². The minimum atomic E-state index is -0.178. The molecule has 1 fully saturated rings. The van der Waals surface area contributed by atoms with Crippen LogP contribution in [0.1, 0.15) is 23.8 Å². The van der Waals surface area contributed by atoms with Crippen LogP contribution >= 0.6 is 11.3 Å². The Morgan fingerprint density at radius 3 is 2.71 bits per heavy atom. The molecule has 0 atom stereocenters. The third-order valence-electron chi connectivity index (χ3n) is 5.85. The van der Waals surface area contributed by atoms with Gasteiger partial charge in [0, 0.05) is 57.1 Å². The quantitative estimate of drug-likeness (QED) is 0.570. The molecular formula is C23H30FN5OS. The summed E-state index contributed by atoms with van der Waals surface area (Å²) in [5.74, 6) is 0.824. The number of halogens is 1. The molecule has 0 spiro atoms. The Morgan fingerprint density at radius 2 is 1.94 bits per heavy atom. The summed E-state index contributed by atoms with van der Waals surface area (Å²) in [6, 6.07) is 9.05. The van der Waals surface area contributed by atoms with Crippen molar-refractivity contribution in [2.75, 3.05) is 50.7 Å². The molecule has 166 valence electrons. The van der Waals surface area contributed by atoms with Crippen molar-refractivity contribution < 1.29 is 9.18 Å². The van der Waals surface area contributed by atoms with Gasteiger partial charge in [-0.1, -0.05) is 12.1 Å². The maximum absolute atomic E-state index is 14.1. The molecule has 2 aliphatic heterocycles. The van der Waals surface area contributed by atoms with Gasteiger partial charge in [0.25, 0.3) is 0 Å². The number of amides is 1. The van der Waals surface area contributed by atoms with Crippen molar-refractivity contribution in [2.45, 2.75) is 26.3 Å². The van der Waals surface area contributed by atoms with E-state index in [-0.39, 0.29) is 11.7 Å². The van der Waals surface area contributed by atoms with Crippen molar-refractivity contribution in [3.8, 4) is 0 Å². The highest BCUT2D eigenvalue weighted by Crippen LogP contribution is 2.24. The molecule has 0 unspecified atom stereocenters. The second-order valence-corrected chi connectivity index (χ2v) is 8.85. The Morgan fingerprint density at radius 1 is 1.13 bits per heavy atom. The zero-order valence-electron chi connectivity index (χ0n) is 18.0. The topological polar surface area (TPSA) is 51.2 Å². The molecule has 4 rings (SSSR count). The van der Waals surface area contributed by atoms with Gasteiger partial charge >= 0.3 is 0 Å². The van der Waals surface area contributed by atoms with Crippen LogP contribution in [0.5, 0.6) is 0 Å². The monoisotopic (exact) mass is 443 g/mol. The van der Waals surface area contributed by atoms with Crippen LogP contribution in [0.25, 0.3) is 0 Å². The van der Waals surface area contributed by atoms with Crippen LogP contribution in [0.15, 0.2) is 40.7 Å². The summed E-state index contributed by atoms with van der Waals surface area (Å²) < 4.78 is 14.1. The Hall–Kier alpha value is -2.61. The van der Waals surface area contributed by atoms with Crippen LogP contribution in [0.4, 0.5) is 10.1 Å². The number of hydrogen-bond donors (Lipinski definition) is 1. The van der Waals surface area contributed by atoms with E-state index in [1.54, 1.807) is 17.4 Å². The van der Waals surface area contributed by atoms with Gasteiger partial charge in [-0.05, 0) is 42.5 Å². The van der Waals surface area contributed by atoms with Gasteiger partial charge in [-0.3, -0.25) is 9.79 Å². The van der Waals surface area contributed by atoms with E-state index < -0.39 is 0 Å². The van der Waals surface area contributed by atoms with Gasteiger partial charge in [-0.2, -0.15) is 0 Å². The molecule has 0 saturated carbocycles. The normalized spacial score (nSPS) is 17.0. The van der Waals surface area contributed by atoms with Crippen molar-refractivity contribution in [3.63, 3.8) is 0 Å². The van der Waals surface area contributed by atoms with E-state index in [1.807, 2.05) is 24.0 Å². The van der Waals surface area contributed by atoms with Crippen molar-refractivity contribution in [1.82, 2.24) is 15.1 Å². The molecule has 1 aromatic heterocycles. The highest BCUT2D eigenvalue weighted by atomic mass is 32.1. The van der Waals surface area contributed by atoms with E-state index >= 15 is 0 Å². The van der Waals surface area contributed by atoms with Crippen LogP contribution in [0, 0.1) is 5.82 Å². The summed E-state index contributed by atoms with van der Waals surface area (Å²) in [5, 5.41) is 5.45. The number of carbonyl (C=O) groups is 1. The molecule has 1 amide bonds. The number of guanidine groups is 1. The van der Waals surface area contributed by atoms with Crippen molar-refractivity contribution >= 4 is 28.9 Å². The standard InChI is InChI=1S/C23H30FN5OS/c1-2-25-23(28-14-12-27(13-15-28)20-6-4-3-5-19(20)24)26-10-7-22(30)29-11-8-21-18(17-29)9-16-31-21/h3-6,9,16H,2,7-8,10-15,17H2,1H3,(H,25,26). The molecule has 0 bridgehead atoms. The number of benzene rings is 1. The maximum Gasteiger partial charge on any atom is 0.224 e. The minimum absolute atomic E-state index is 0.167. The second-order valence-electron chi connectivity index (χ2n) is 7.85.